The van der Waals surface area contributed by atoms with Crippen molar-refractivity contribution in [3.8, 4) is 5.75 Å². The van der Waals surface area contributed by atoms with E-state index in [0.717, 1.165) is 23.6 Å². The molecule has 0 saturated heterocycles. The van der Waals surface area contributed by atoms with Gasteiger partial charge in [0.1, 0.15) is 5.75 Å². The van der Waals surface area contributed by atoms with Crippen LogP contribution in [-0.4, -0.2) is 26.5 Å². The molecule has 0 fully saturated rings. The van der Waals surface area contributed by atoms with E-state index in [1.54, 1.807) is 7.11 Å². The molecule has 0 aromatic heterocycles. The van der Waals surface area contributed by atoms with Gasteiger partial charge in [0.25, 0.3) is 0 Å². The zero-order valence-corrected chi connectivity index (χ0v) is 9.84. The summed E-state index contributed by atoms with van der Waals surface area (Å²) in [7, 11) is 3.76. The number of rotatable bonds is 4. The number of methoxy groups -OCH3 is 1. The number of anilines is 1. The van der Waals surface area contributed by atoms with Gasteiger partial charge < -0.3 is 9.64 Å². The fourth-order valence-electron chi connectivity index (χ4n) is 1.38. The van der Waals surface area contributed by atoms with Crippen LogP contribution < -0.4 is 9.64 Å². The lowest BCUT2D eigenvalue weighted by Crippen LogP contribution is -2.19. The second-order valence-electron chi connectivity index (χ2n) is 3.30. The Hall–Kier alpha value is -0.830. The normalized spacial score (nSPS) is 10.0. The lowest BCUT2D eigenvalue weighted by molar-refractivity contribution is 0.411. The molecule has 2 nitrogen and oxygen atoms in total. The highest BCUT2D eigenvalue weighted by atomic mass is 32.1. The van der Waals surface area contributed by atoms with E-state index in [-0.39, 0.29) is 0 Å². The predicted octanol–water partition coefficient (Wildman–Crippen LogP) is 2.37. The lowest BCUT2D eigenvalue weighted by Gasteiger charge is -2.19. The van der Waals surface area contributed by atoms with E-state index in [4.69, 9.17) is 4.74 Å². The smallest absolute Gasteiger partial charge is 0.121 e. The molecule has 1 aromatic carbocycles. The lowest BCUT2D eigenvalue weighted by atomic mass is 10.2. The maximum absolute atomic E-state index is 5.21. The molecule has 1 aromatic rings. The van der Waals surface area contributed by atoms with Crippen LogP contribution in [0.25, 0.3) is 0 Å². The van der Waals surface area contributed by atoms with Crippen LogP contribution >= 0.6 is 12.6 Å². The zero-order chi connectivity index (χ0) is 10.6. The van der Waals surface area contributed by atoms with Crippen molar-refractivity contribution in [2.75, 3.05) is 31.4 Å². The SMILES string of the molecule is COc1ccc(N(C)CCS)cc1C. The van der Waals surface area contributed by atoms with Gasteiger partial charge in [-0.05, 0) is 30.7 Å². The number of nitrogens with zero attached hydrogens (tertiary/aromatic N) is 1. The Bertz CT molecular complexity index is 301. The van der Waals surface area contributed by atoms with Crippen LogP contribution in [0.4, 0.5) is 5.69 Å². The van der Waals surface area contributed by atoms with Crippen molar-refractivity contribution in [3.63, 3.8) is 0 Å². The Kier molecular flexibility index (Phi) is 4.14. The van der Waals surface area contributed by atoms with Gasteiger partial charge in [0.2, 0.25) is 0 Å². The highest BCUT2D eigenvalue weighted by Crippen LogP contribution is 2.23. The molecule has 0 spiro atoms. The molecule has 0 aliphatic carbocycles. The zero-order valence-electron chi connectivity index (χ0n) is 8.95. The molecule has 0 amide bonds. The molecule has 0 bridgehead atoms. The molecule has 0 aliphatic heterocycles. The summed E-state index contributed by atoms with van der Waals surface area (Å²) in [6, 6.07) is 6.19. The predicted molar refractivity (Wildman–Crippen MR) is 64.9 cm³/mol. The largest absolute Gasteiger partial charge is 0.496 e. The number of hydrogen-bond acceptors (Lipinski definition) is 3. The quantitative estimate of drug-likeness (QED) is 0.768. The Labute approximate surface area is 91.3 Å². The fourth-order valence-corrected chi connectivity index (χ4v) is 1.68. The highest BCUT2D eigenvalue weighted by Gasteiger charge is 2.03. The standard InChI is InChI=1S/C11H17NOS/c1-9-8-10(12(2)6-7-14)4-5-11(9)13-3/h4-5,8,14H,6-7H2,1-3H3. The van der Waals surface area contributed by atoms with Gasteiger partial charge in [0, 0.05) is 25.0 Å². The molecular weight excluding hydrogens is 194 g/mol. The molecule has 14 heavy (non-hydrogen) atoms. The first-order chi connectivity index (χ1) is 6.69. The maximum Gasteiger partial charge on any atom is 0.121 e. The Morgan fingerprint density at radius 3 is 2.64 bits per heavy atom. The first-order valence-corrected chi connectivity index (χ1v) is 5.29. The average Bonchev–Trinajstić information content (AvgIpc) is 2.18. The van der Waals surface area contributed by atoms with Gasteiger partial charge in [-0.1, -0.05) is 0 Å². The van der Waals surface area contributed by atoms with E-state index >= 15 is 0 Å². The molecule has 78 valence electrons. The number of thiol groups is 1. The number of ether oxygens (including phenoxy) is 1. The van der Waals surface area contributed by atoms with Crippen molar-refractivity contribution >= 4 is 18.3 Å². The topological polar surface area (TPSA) is 12.5 Å². The van der Waals surface area contributed by atoms with E-state index in [2.05, 4.69) is 43.6 Å². The van der Waals surface area contributed by atoms with Crippen LogP contribution in [0.1, 0.15) is 5.56 Å². The summed E-state index contributed by atoms with van der Waals surface area (Å²) >= 11 is 4.21. The second-order valence-corrected chi connectivity index (χ2v) is 3.75. The van der Waals surface area contributed by atoms with Crippen LogP contribution in [0.15, 0.2) is 18.2 Å². The third kappa shape index (κ3) is 2.58. The molecule has 0 saturated carbocycles. The summed E-state index contributed by atoms with van der Waals surface area (Å²) in [6.07, 6.45) is 0. The molecular formula is C11H17NOS. The van der Waals surface area contributed by atoms with E-state index in [9.17, 15) is 0 Å². The van der Waals surface area contributed by atoms with E-state index in [1.807, 2.05) is 6.07 Å². The second kappa shape index (κ2) is 5.15. The molecule has 0 unspecified atom stereocenters. The Morgan fingerprint density at radius 1 is 1.43 bits per heavy atom. The third-order valence-corrected chi connectivity index (χ3v) is 2.45. The number of benzene rings is 1. The Morgan fingerprint density at radius 2 is 2.14 bits per heavy atom. The van der Waals surface area contributed by atoms with Gasteiger partial charge >= 0.3 is 0 Å². The van der Waals surface area contributed by atoms with E-state index in [0.29, 0.717) is 0 Å². The molecule has 0 N–H and O–H groups in total. The molecule has 0 radical (unpaired) electrons. The average molecular weight is 211 g/mol. The minimum atomic E-state index is 0.863. The summed E-state index contributed by atoms with van der Waals surface area (Å²) < 4.78 is 5.21. The molecule has 0 aliphatic rings. The van der Waals surface area contributed by atoms with Gasteiger partial charge in [-0.25, -0.2) is 0 Å². The summed E-state index contributed by atoms with van der Waals surface area (Å²) in [5.74, 6) is 1.80. The summed E-state index contributed by atoms with van der Waals surface area (Å²) in [5.41, 5.74) is 2.37. The van der Waals surface area contributed by atoms with Crippen molar-refractivity contribution < 1.29 is 4.74 Å². The van der Waals surface area contributed by atoms with Crippen molar-refractivity contribution in [2.24, 2.45) is 0 Å². The maximum atomic E-state index is 5.21. The summed E-state index contributed by atoms with van der Waals surface area (Å²) in [5, 5.41) is 0. The van der Waals surface area contributed by atoms with Crippen LogP contribution in [0.3, 0.4) is 0 Å². The van der Waals surface area contributed by atoms with Gasteiger partial charge in [-0.2, -0.15) is 12.6 Å². The van der Waals surface area contributed by atoms with E-state index < -0.39 is 0 Å². The monoisotopic (exact) mass is 211 g/mol. The van der Waals surface area contributed by atoms with Crippen LogP contribution in [0.2, 0.25) is 0 Å². The molecule has 0 heterocycles. The van der Waals surface area contributed by atoms with Crippen molar-refractivity contribution in [3.05, 3.63) is 23.8 Å². The van der Waals surface area contributed by atoms with Gasteiger partial charge in [0.05, 0.1) is 7.11 Å². The van der Waals surface area contributed by atoms with Crippen LogP contribution in [0, 0.1) is 6.92 Å². The third-order valence-electron chi connectivity index (χ3n) is 2.25. The molecule has 0 atom stereocenters. The highest BCUT2D eigenvalue weighted by molar-refractivity contribution is 7.80. The van der Waals surface area contributed by atoms with Gasteiger partial charge in [-0.3, -0.25) is 0 Å². The first kappa shape index (κ1) is 11.2. The molecule has 1 rings (SSSR count). The first-order valence-electron chi connectivity index (χ1n) is 4.65. The molecule has 3 heteroatoms. The fraction of sp³-hybridized carbons (Fsp3) is 0.455. The van der Waals surface area contributed by atoms with Crippen molar-refractivity contribution in [2.45, 2.75) is 6.92 Å². The minimum Gasteiger partial charge on any atom is -0.496 e. The number of hydrogen-bond donors (Lipinski definition) is 1. The van der Waals surface area contributed by atoms with Crippen LogP contribution in [-0.2, 0) is 0 Å². The van der Waals surface area contributed by atoms with Crippen molar-refractivity contribution in [1.82, 2.24) is 0 Å². The summed E-state index contributed by atoms with van der Waals surface area (Å²) in [6.45, 7) is 3.01. The van der Waals surface area contributed by atoms with Gasteiger partial charge in [0.15, 0.2) is 0 Å². The van der Waals surface area contributed by atoms with Gasteiger partial charge in [-0.15, -0.1) is 0 Å². The minimum absolute atomic E-state index is 0.863. The number of aryl methyl sites for hydroxylation is 1. The Balaban J connectivity index is 2.85. The van der Waals surface area contributed by atoms with Crippen LogP contribution in [0.5, 0.6) is 5.75 Å². The van der Waals surface area contributed by atoms with Crippen molar-refractivity contribution in [1.29, 1.82) is 0 Å². The summed E-state index contributed by atoms with van der Waals surface area (Å²) in [4.78, 5) is 2.18. The van der Waals surface area contributed by atoms with E-state index in [1.165, 1.54) is 5.69 Å².